The number of carboxylic acid groups (broad SMARTS) is 1. The zero-order chi connectivity index (χ0) is 22.4. The second-order valence-corrected chi connectivity index (χ2v) is 8.48. The number of aliphatic carboxylic acids is 1. The molecular formula is C23H30F2O6. The SMILES string of the molecule is O=C(O)CCC[C@H]1CC[C@@H]2[C@@H](/C=C/[C@@H](O)COc3cc(F)ccc3F)[C@@H](O)C[C@@H]2OC1. The van der Waals surface area contributed by atoms with Crippen molar-refractivity contribution in [3.8, 4) is 5.75 Å². The average Bonchev–Trinajstić information content (AvgIpc) is 2.88. The Balaban J connectivity index is 1.51. The molecule has 1 aromatic carbocycles. The van der Waals surface area contributed by atoms with E-state index < -0.39 is 29.8 Å². The van der Waals surface area contributed by atoms with Crippen LogP contribution in [0.25, 0.3) is 0 Å². The Morgan fingerprint density at radius 3 is 2.90 bits per heavy atom. The molecule has 1 saturated heterocycles. The number of ether oxygens (including phenoxy) is 2. The summed E-state index contributed by atoms with van der Waals surface area (Å²) in [6.07, 6.45) is 5.47. The minimum Gasteiger partial charge on any atom is -0.487 e. The van der Waals surface area contributed by atoms with Gasteiger partial charge in [-0.1, -0.05) is 12.2 Å². The molecule has 0 amide bonds. The molecule has 8 heteroatoms. The van der Waals surface area contributed by atoms with E-state index in [9.17, 15) is 23.8 Å². The van der Waals surface area contributed by atoms with Gasteiger partial charge in [0.2, 0.25) is 0 Å². The molecule has 2 aliphatic rings. The Bertz CT molecular complexity index is 770. The van der Waals surface area contributed by atoms with E-state index in [1.807, 2.05) is 0 Å². The van der Waals surface area contributed by atoms with Gasteiger partial charge in [-0.3, -0.25) is 4.79 Å². The highest BCUT2D eigenvalue weighted by Crippen LogP contribution is 2.42. The van der Waals surface area contributed by atoms with Gasteiger partial charge in [0.25, 0.3) is 0 Å². The fraction of sp³-hybridized carbons (Fsp3) is 0.609. The quantitative estimate of drug-likeness (QED) is 0.510. The first-order chi connectivity index (χ1) is 14.8. The first-order valence-electron chi connectivity index (χ1n) is 10.8. The summed E-state index contributed by atoms with van der Waals surface area (Å²) in [5.74, 6) is -2.14. The van der Waals surface area contributed by atoms with E-state index in [0.717, 1.165) is 37.5 Å². The topological polar surface area (TPSA) is 96.2 Å². The third-order valence-electron chi connectivity index (χ3n) is 6.21. The summed E-state index contributed by atoms with van der Waals surface area (Å²) >= 11 is 0. The molecule has 31 heavy (non-hydrogen) atoms. The van der Waals surface area contributed by atoms with Crippen LogP contribution in [-0.2, 0) is 9.53 Å². The third kappa shape index (κ3) is 6.72. The van der Waals surface area contributed by atoms with E-state index in [1.165, 1.54) is 6.08 Å². The molecule has 0 aromatic heterocycles. The second kappa shape index (κ2) is 11.0. The summed E-state index contributed by atoms with van der Waals surface area (Å²) in [5.41, 5.74) is 0. The normalized spacial score (nSPS) is 29.5. The van der Waals surface area contributed by atoms with Crippen LogP contribution >= 0.6 is 0 Å². The minimum atomic E-state index is -1.04. The lowest BCUT2D eigenvalue weighted by Crippen LogP contribution is -2.22. The number of hydrogen-bond donors (Lipinski definition) is 3. The summed E-state index contributed by atoms with van der Waals surface area (Å²) < 4.78 is 38.0. The third-order valence-corrected chi connectivity index (χ3v) is 6.21. The minimum absolute atomic E-state index is 0.0658. The second-order valence-electron chi connectivity index (χ2n) is 8.48. The van der Waals surface area contributed by atoms with Gasteiger partial charge in [-0.2, -0.15) is 0 Å². The summed E-state index contributed by atoms with van der Waals surface area (Å²) in [6.45, 7) is 0.329. The van der Waals surface area contributed by atoms with Crippen molar-refractivity contribution in [2.75, 3.05) is 13.2 Å². The number of hydrogen-bond acceptors (Lipinski definition) is 5. The van der Waals surface area contributed by atoms with Crippen LogP contribution in [0.3, 0.4) is 0 Å². The predicted octanol–water partition coefficient (Wildman–Crippen LogP) is 3.31. The Hall–Kier alpha value is -2.03. The van der Waals surface area contributed by atoms with Crippen molar-refractivity contribution in [3.05, 3.63) is 42.0 Å². The fourth-order valence-corrected chi connectivity index (χ4v) is 4.56. The number of benzene rings is 1. The molecule has 0 unspecified atom stereocenters. The van der Waals surface area contributed by atoms with Crippen LogP contribution in [0.4, 0.5) is 8.78 Å². The Morgan fingerprint density at radius 1 is 1.32 bits per heavy atom. The fourth-order valence-electron chi connectivity index (χ4n) is 4.56. The molecule has 1 saturated carbocycles. The van der Waals surface area contributed by atoms with Crippen LogP contribution in [0.2, 0.25) is 0 Å². The Labute approximate surface area is 180 Å². The number of aliphatic hydroxyl groups is 2. The van der Waals surface area contributed by atoms with Crippen LogP contribution in [-0.4, -0.2) is 52.8 Å². The predicted molar refractivity (Wildman–Crippen MR) is 109 cm³/mol. The van der Waals surface area contributed by atoms with Crippen LogP contribution in [0.5, 0.6) is 5.75 Å². The van der Waals surface area contributed by atoms with Crippen molar-refractivity contribution in [3.63, 3.8) is 0 Å². The number of aliphatic hydroxyl groups excluding tert-OH is 2. The van der Waals surface area contributed by atoms with Gasteiger partial charge in [0.15, 0.2) is 11.6 Å². The first-order valence-corrected chi connectivity index (χ1v) is 10.8. The van der Waals surface area contributed by atoms with Gasteiger partial charge in [-0.25, -0.2) is 8.78 Å². The lowest BCUT2D eigenvalue weighted by Gasteiger charge is -2.21. The zero-order valence-corrected chi connectivity index (χ0v) is 17.3. The lowest BCUT2D eigenvalue weighted by atomic mass is 9.86. The van der Waals surface area contributed by atoms with Gasteiger partial charge < -0.3 is 24.8 Å². The number of carbonyl (C=O) groups is 1. The number of carboxylic acids is 1. The highest BCUT2D eigenvalue weighted by atomic mass is 19.1. The molecule has 172 valence electrons. The van der Waals surface area contributed by atoms with Crippen molar-refractivity contribution in [1.29, 1.82) is 0 Å². The first kappa shape index (κ1) is 23.6. The maximum Gasteiger partial charge on any atom is 0.303 e. The molecule has 1 aliphatic carbocycles. The van der Waals surface area contributed by atoms with Crippen LogP contribution in [0.15, 0.2) is 30.4 Å². The van der Waals surface area contributed by atoms with Crippen LogP contribution in [0, 0.1) is 29.4 Å². The zero-order valence-electron chi connectivity index (χ0n) is 17.3. The molecule has 6 nitrogen and oxygen atoms in total. The highest BCUT2D eigenvalue weighted by Gasteiger charge is 2.43. The maximum absolute atomic E-state index is 13.6. The van der Waals surface area contributed by atoms with E-state index in [4.69, 9.17) is 14.6 Å². The van der Waals surface area contributed by atoms with Crippen molar-refractivity contribution in [2.45, 2.75) is 56.8 Å². The molecule has 0 spiro atoms. The molecule has 1 heterocycles. The molecule has 1 aliphatic heterocycles. The van der Waals surface area contributed by atoms with Gasteiger partial charge in [-0.05, 0) is 49.7 Å². The van der Waals surface area contributed by atoms with E-state index in [-0.39, 0.29) is 36.7 Å². The van der Waals surface area contributed by atoms with E-state index in [2.05, 4.69) is 0 Å². The summed E-state index contributed by atoms with van der Waals surface area (Å²) in [7, 11) is 0. The molecular weight excluding hydrogens is 410 g/mol. The van der Waals surface area contributed by atoms with Gasteiger partial charge in [-0.15, -0.1) is 0 Å². The van der Waals surface area contributed by atoms with Crippen molar-refractivity contribution >= 4 is 5.97 Å². The van der Waals surface area contributed by atoms with E-state index >= 15 is 0 Å². The van der Waals surface area contributed by atoms with E-state index in [1.54, 1.807) is 6.08 Å². The van der Waals surface area contributed by atoms with Crippen molar-refractivity contribution in [1.82, 2.24) is 0 Å². The lowest BCUT2D eigenvalue weighted by molar-refractivity contribution is -0.137. The van der Waals surface area contributed by atoms with Gasteiger partial charge in [0, 0.05) is 31.4 Å². The number of fused-ring (bicyclic) bond motifs is 1. The monoisotopic (exact) mass is 440 g/mol. The van der Waals surface area contributed by atoms with Crippen molar-refractivity contribution < 1.29 is 38.4 Å². The average molecular weight is 440 g/mol. The molecule has 0 bridgehead atoms. The summed E-state index contributed by atoms with van der Waals surface area (Å²) in [5, 5.41) is 29.4. The van der Waals surface area contributed by atoms with E-state index in [0.29, 0.717) is 25.4 Å². The van der Waals surface area contributed by atoms with Gasteiger partial charge in [0.1, 0.15) is 18.5 Å². The molecule has 0 radical (unpaired) electrons. The highest BCUT2D eigenvalue weighted by molar-refractivity contribution is 5.66. The Kier molecular flexibility index (Phi) is 8.40. The largest absolute Gasteiger partial charge is 0.487 e. The molecule has 6 atom stereocenters. The van der Waals surface area contributed by atoms with Crippen LogP contribution < -0.4 is 4.74 Å². The van der Waals surface area contributed by atoms with Crippen molar-refractivity contribution in [2.24, 2.45) is 17.8 Å². The summed E-state index contributed by atoms with van der Waals surface area (Å²) in [6, 6.07) is 2.87. The molecule has 3 rings (SSSR count). The summed E-state index contributed by atoms with van der Waals surface area (Å²) in [4.78, 5) is 10.7. The van der Waals surface area contributed by atoms with Crippen LogP contribution in [0.1, 0.15) is 38.5 Å². The molecule has 1 aromatic rings. The maximum atomic E-state index is 13.6. The molecule has 3 N–H and O–H groups in total. The Morgan fingerprint density at radius 2 is 2.13 bits per heavy atom. The van der Waals surface area contributed by atoms with Gasteiger partial charge >= 0.3 is 5.97 Å². The smallest absolute Gasteiger partial charge is 0.303 e. The number of halogens is 2. The standard InChI is InChI=1S/C23H30F2O6/c24-15-5-9-19(25)22(10-15)31-13-16(26)6-8-17-18-7-4-14(2-1-3-23(28)29)12-30-21(18)11-20(17)27/h5-6,8-10,14,16-18,20-21,26-27H,1-4,7,11-13H2,(H,28,29)/b8-6+/t14-,16+,17+,18+,20-,21-/m0/s1. The molecule has 2 fully saturated rings. The van der Waals surface area contributed by atoms with Gasteiger partial charge in [0.05, 0.1) is 12.2 Å². The number of rotatable bonds is 9.